The number of nitrogens with two attached hydrogens (primary N) is 2. The van der Waals surface area contributed by atoms with Crippen LogP contribution in [0.1, 0.15) is 23.7 Å². The fraction of sp³-hybridized carbons (Fsp3) is 0.455. The average Bonchev–Trinajstić information content (AvgIpc) is 2.23. The van der Waals surface area contributed by atoms with E-state index in [9.17, 15) is 14.6 Å². The summed E-state index contributed by atoms with van der Waals surface area (Å²) in [6, 6.07) is 2.58. The van der Waals surface area contributed by atoms with Gasteiger partial charge in [-0.15, -0.1) is 0 Å². The van der Waals surface area contributed by atoms with Gasteiger partial charge in [0.05, 0.1) is 11.8 Å². The van der Waals surface area contributed by atoms with Crippen molar-refractivity contribution >= 4 is 5.69 Å². The zero-order valence-electron chi connectivity index (χ0n) is 9.15. The first kappa shape index (κ1) is 12.9. The summed E-state index contributed by atoms with van der Waals surface area (Å²) in [6.45, 7) is 1.96. The summed E-state index contributed by atoms with van der Waals surface area (Å²) in [7, 11) is 0. The summed E-state index contributed by atoms with van der Waals surface area (Å²) < 4.78 is 13.2. The van der Waals surface area contributed by atoms with Crippen LogP contribution in [0.15, 0.2) is 12.1 Å². The minimum atomic E-state index is -1.14. The van der Waals surface area contributed by atoms with Crippen molar-refractivity contribution in [1.29, 1.82) is 0 Å². The molecule has 0 spiro atoms. The summed E-state index contributed by atoms with van der Waals surface area (Å²) in [4.78, 5) is 0. The van der Waals surface area contributed by atoms with E-state index in [0.717, 1.165) is 6.07 Å². The molecule has 0 heterocycles. The Balaban J connectivity index is 2.99. The van der Waals surface area contributed by atoms with Crippen LogP contribution in [-0.4, -0.2) is 22.9 Å². The second-order valence-corrected chi connectivity index (χ2v) is 3.82. The number of aliphatic hydroxyl groups excluding tert-OH is 2. The highest BCUT2D eigenvalue weighted by Gasteiger charge is 2.20. The first-order valence-electron chi connectivity index (χ1n) is 5.09. The van der Waals surface area contributed by atoms with Crippen LogP contribution in [0.3, 0.4) is 0 Å². The number of rotatable bonds is 4. The Morgan fingerprint density at radius 1 is 1.38 bits per heavy atom. The van der Waals surface area contributed by atoms with Crippen molar-refractivity contribution in [3.8, 4) is 0 Å². The summed E-state index contributed by atoms with van der Waals surface area (Å²) >= 11 is 0. The Hall–Kier alpha value is -1.17. The largest absolute Gasteiger partial charge is 0.396 e. The molecule has 0 saturated heterocycles. The number of hydrogen-bond donors (Lipinski definition) is 4. The second-order valence-electron chi connectivity index (χ2n) is 3.82. The van der Waals surface area contributed by atoms with Crippen molar-refractivity contribution in [2.24, 2.45) is 5.73 Å². The second kappa shape index (κ2) is 5.25. The van der Waals surface area contributed by atoms with Gasteiger partial charge in [-0.25, -0.2) is 4.39 Å². The molecule has 0 aliphatic heterocycles. The number of benzene rings is 1. The van der Waals surface area contributed by atoms with E-state index in [0.29, 0.717) is 11.1 Å². The molecule has 90 valence electrons. The quantitative estimate of drug-likeness (QED) is 0.563. The fourth-order valence-corrected chi connectivity index (χ4v) is 1.57. The maximum Gasteiger partial charge on any atom is 0.146 e. The number of anilines is 1. The minimum absolute atomic E-state index is 0.0294. The predicted molar refractivity (Wildman–Crippen MR) is 60.2 cm³/mol. The van der Waals surface area contributed by atoms with Crippen molar-refractivity contribution < 1.29 is 14.6 Å². The van der Waals surface area contributed by atoms with E-state index in [2.05, 4.69) is 0 Å². The topological polar surface area (TPSA) is 92.5 Å². The van der Waals surface area contributed by atoms with Crippen LogP contribution < -0.4 is 11.5 Å². The molecule has 0 aliphatic carbocycles. The van der Waals surface area contributed by atoms with Crippen molar-refractivity contribution in [3.63, 3.8) is 0 Å². The molecule has 0 radical (unpaired) electrons. The van der Waals surface area contributed by atoms with Crippen molar-refractivity contribution in [2.45, 2.75) is 25.6 Å². The molecule has 0 saturated carbocycles. The molecule has 0 amide bonds. The Morgan fingerprint density at radius 3 is 2.56 bits per heavy atom. The SMILES string of the molecule is Cc1cc(N)c(F)cc1C(O)C(O)CCN. The van der Waals surface area contributed by atoms with Gasteiger partial charge in [-0.3, -0.25) is 0 Å². The Labute approximate surface area is 93.7 Å². The molecule has 0 bridgehead atoms. The van der Waals surface area contributed by atoms with E-state index in [1.54, 1.807) is 6.92 Å². The molecule has 1 aromatic carbocycles. The van der Waals surface area contributed by atoms with Gasteiger partial charge in [-0.2, -0.15) is 0 Å². The third-order valence-electron chi connectivity index (χ3n) is 2.53. The number of aliphatic hydroxyl groups is 2. The van der Waals surface area contributed by atoms with E-state index in [-0.39, 0.29) is 18.7 Å². The van der Waals surface area contributed by atoms with E-state index in [1.807, 2.05) is 0 Å². The molecule has 0 aromatic heterocycles. The number of nitrogen functional groups attached to an aromatic ring is 1. The third kappa shape index (κ3) is 2.69. The first-order valence-corrected chi connectivity index (χ1v) is 5.09. The molecule has 1 aromatic rings. The number of hydrogen-bond acceptors (Lipinski definition) is 4. The Morgan fingerprint density at radius 2 is 2.00 bits per heavy atom. The van der Waals surface area contributed by atoms with Gasteiger partial charge in [0.1, 0.15) is 11.9 Å². The molecule has 1 rings (SSSR count). The highest BCUT2D eigenvalue weighted by molar-refractivity contribution is 5.46. The van der Waals surface area contributed by atoms with Gasteiger partial charge < -0.3 is 21.7 Å². The van der Waals surface area contributed by atoms with E-state index in [4.69, 9.17) is 11.5 Å². The molecule has 2 atom stereocenters. The molecule has 5 heteroatoms. The maximum atomic E-state index is 13.2. The van der Waals surface area contributed by atoms with Gasteiger partial charge in [0, 0.05) is 0 Å². The van der Waals surface area contributed by atoms with Gasteiger partial charge in [-0.05, 0) is 43.1 Å². The molecular formula is C11H17FN2O2. The molecule has 2 unspecified atom stereocenters. The predicted octanol–water partition coefficient (Wildman–Crippen LogP) is 0.459. The lowest BCUT2D eigenvalue weighted by Crippen LogP contribution is -2.22. The lowest BCUT2D eigenvalue weighted by atomic mass is 9.97. The first-order chi connectivity index (χ1) is 7.47. The standard InChI is InChI=1S/C11H17FN2O2/c1-6-4-9(14)8(12)5-7(6)11(16)10(15)2-3-13/h4-5,10-11,15-16H,2-3,13-14H2,1H3. The highest BCUT2D eigenvalue weighted by atomic mass is 19.1. The van der Waals surface area contributed by atoms with Crippen molar-refractivity contribution in [1.82, 2.24) is 0 Å². The van der Waals surface area contributed by atoms with Gasteiger partial charge in [0.15, 0.2) is 0 Å². The highest BCUT2D eigenvalue weighted by Crippen LogP contribution is 2.25. The summed E-state index contributed by atoms with van der Waals surface area (Å²) in [5.41, 5.74) is 11.7. The van der Waals surface area contributed by atoms with Crippen LogP contribution in [0.5, 0.6) is 0 Å². The van der Waals surface area contributed by atoms with Crippen LogP contribution in [-0.2, 0) is 0 Å². The monoisotopic (exact) mass is 228 g/mol. The number of halogens is 1. The lowest BCUT2D eigenvalue weighted by Gasteiger charge is -2.19. The number of aryl methyl sites for hydroxylation is 1. The smallest absolute Gasteiger partial charge is 0.146 e. The van der Waals surface area contributed by atoms with Crippen molar-refractivity contribution in [3.05, 3.63) is 29.1 Å². The average molecular weight is 228 g/mol. The molecule has 0 fully saturated rings. The summed E-state index contributed by atoms with van der Waals surface area (Å²) in [5.74, 6) is -0.598. The molecule has 16 heavy (non-hydrogen) atoms. The maximum absolute atomic E-state index is 13.2. The van der Waals surface area contributed by atoms with Crippen LogP contribution >= 0.6 is 0 Å². The minimum Gasteiger partial charge on any atom is -0.396 e. The molecule has 6 N–H and O–H groups in total. The zero-order valence-corrected chi connectivity index (χ0v) is 9.15. The van der Waals surface area contributed by atoms with E-state index >= 15 is 0 Å². The van der Waals surface area contributed by atoms with Gasteiger partial charge in [0.25, 0.3) is 0 Å². The van der Waals surface area contributed by atoms with Crippen LogP contribution in [0, 0.1) is 12.7 Å². The van der Waals surface area contributed by atoms with Crippen LogP contribution in [0.25, 0.3) is 0 Å². The zero-order chi connectivity index (χ0) is 12.3. The van der Waals surface area contributed by atoms with Gasteiger partial charge >= 0.3 is 0 Å². The molecular weight excluding hydrogens is 211 g/mol. The Bertz CT molecular complexity index is 371. The Kier molecular flexibility index (Phi) is 4.23. The molecule has 4 nitrogen and oxygen atoms in total. The fourth-order valence-electron chi connectivity index (χ4n) is 1.57. The third-order valence-corrected chi connectivity index (χ3v) is 2.53. The van der Waals surface area contributed by atoms with E-state index < -0.39 is 18.0 Å². The normalized spacial score (nSPS) is 14.8. The van der Waals surface area contributed by atoms with Gasteiger partial charge in [-0.1, -0.05) is 0 Å². The van der Waals surface area contributed by atoms with E-state index in [1.165, 1.54) is 6.07 Å². The summed E-state index contributed by atoms with van der Waals surface area (Å²) in [5, 5.41) is 19.4. The summed E-state index contributed by atoms with van der Waals surface area (Å²) in [6.07, 6.45) is -1.88. The van der Waals surface area contributed by atoms with Crippen molar-refractivity contribution in [2.75, 3.05) is 12.3 Å². The molecule has 0 aliphatic rings. The van der Waals surface area contributed by atoms with Gasteiger partial charge in [0.2, 0.25) is 0 Å². The van der Waals surface area contributed by atoms with Crippen LogP contribution in [0.2, 0.25) is 0 Å². The van der Waals surface area contributed by atoms with Crippen LogP contribution in [0.4, 0.5) is 10.1 Å². The lowest BCUT2D eigenvalue weighted by molar-refractivity contribution is 0.0145.